The maximum atomic E-state index is 12.6. The van der Waals surface area contributed by atoms with E-state index in [-0.39, 0.29) is 23.8 Å². The van der Waals surface area contributed by atoms with Gasteiger partial charge < -0.3 is 15.0 Å². The zero-order valence-electron chi connectivity index (χ0n) is 13.7. The molecule has 24 heavy (non-hydrogen) atoms. The maximum absolute atomic E-state index is 12.6. The molecule has 0 aliphatic carbocycles. The first-order valence-electron chi connectivity index (χ1n) is 8.57. The Morgan fingerprint density at radius 3 is 2.71 bits per heavy atom. The van der Waals surface area contributed by atoms with Crippen LogP contribution in [0.1, 0.15) is 36.0 Å². The minimum atomic E-state index is -0.142. The van der Waals surface area contributed by atoms with Gasteiger partial charge in [-0.15, -0.1) is 0 Å². The number of hydrogen-bond donors (Lipinski definition) is 1. The summed E-state index contributed by atoms with van der Waals surface area (Å²) >= 11 is 5.87. The van der Waals surface area contributed by atoms with Crippen LogP contribution < -0.4 is 5.32 Å². The van der Waals surface area contributed by atoms with Crippen LogP contribution in [-0.2, 0) is 9.53 Å². The average molecular weight is 351 g/mol. The van der Waals surface area contributed by atoms with Crippen molar-refractivity contribution in [2.45, 2.75) is 31.8 Å². The van der Waals surface area contributed by atoms with Crippen molar-refractivity contribution in [1.29, 1.82) is 0 Å². The van der Waals surface area contributed by atoms with E-state index in [0.717, 1.165) is 32.3 Å². The van der Waals surface area contributed by atoms with Crippen molar-refractivity contribution in [3.8, 4) is 0 Å². The number of hydrogen-bond acceptors (Lipinski definition) is 3. The predicted octanol–water partition coefficient (Wildman–Crippen LogP) is 2.49. The summed E-state index contributed by atoms with van der Waals surface area (Å²) in [5.41, 5.74) is 0.611. The third-order valence-corrected chi connectivity index (χ3v) is 4.95. The molecule has 0 aromatic heterocycles. The second-order valence-electron chi connectivity index (χ2n) is 6.48. The van der Waals surface area contributed by atoms with E-state index < -0.39 is 0 Å². The molecule has 0 radical (unpaired) electrons. The summed E-state index contributed by atoms with van der Waals surface area (Å²) in [5, 5.41) is 3.59. The molecule has 2 atom stereocenters. The van der Waals surface area contributed by atoms with E-state index in [2.05, 4.69) is 5.32 Å². The average Bonchev–Trinajstić information content (AvgIpc) is 3.13. The fourth-order valence-corrected chi connectivity index (χ4v) is 3.44. The molecule has 130 valence electrons. The smallest absolute Gasteiger partial charge is 0.253 e. The molecule has 5 nitrogen and oxygen atoms in total. The van der Waals surface area contributed by atoms with Gasteiger partial charge in [-0.25, -0.2) is 0 Å². The summed E-state index contributed by atoms with van der Waals surface area (Å²) in [6, 6.07) is 6.88. The van der Waals surface area contributed by atoms with Crippen LogP contribution in [0.5, 0.6) is 0 Å². The highest BCUT2D eigenvalue weighted by Crippen LogP contribution is 2.20. The first-order chi connectivity index (χ1) is 11.6. The molecule has 0 unspecified atom stereocenters. The Kier molecular flexibility index (Phi) is 5.74. The molecule has 2 aliphatic rings. The van der Waals surface area contributed by atoms with E-state index in [4.69, 9.17) is 16.3 Å². The number of carbonyl (C=O) groups excluding carboxylic acids is 2. The Hall–Kier alpha value is -1.59. The zero-order valence-corrected chi connectivity index (χ0v) is 14.4. The fraction of sp³-hybridized carbons (Fsp3) is 0.556. The number of benzene rings is 1. The molecule has 2 saturated heterocycles. The second kappa shape index (κ2) is 7.99. The van der Waals surface area contributed by atoms with Crippen LogP contribution in [0, 0.1) is 5.92 Å². The van der Waals surface area contributed by atoms with Crippen molar-refractivity contribution in [3.05, 3.63) is 34.9 Å². The molecule has 0 spiro atoms. The Labute approximate surface area is 147 Å². The predicted molar refractivity (Wildman–Crippen MR) is 92.1 cm³/mol. The molecular weight excluding hydrogens is 328 g/mol. The number of nitrogens with one attached hydrogen (secondary N) is 1. The normalized spacial score (nSPS) is 24.0. The van der Waals surface area contributed by atoms with E-state index in [1.165, 1.54) is 0 Å². The van der Waals surface area contributed by atoms with Crippen LogP contribution in [0.25, 0.3) is 0 Å². The topological polar surface area (TPSA) is 58.6 Å². The lowest BCUT2D eigenvalue weighted by Crippen LogP contribution is -2.46. The van der Waals surface area contributed by atoms with Gasteiger partial charge in [0.1, 0.15) is 0 Å². The summed E-state index contributed by atoms with van der Waals surface area (Å²) in [6.45, 7) is 2.52. The van der Waals surface area contributed by atoms with Gasteiger partial charge in [-0.1, -0.05) is 11.6 Å². The zero-order chi connectivity index (χ0) is 16.9. The number of nitrogens with zero attached hydrogens (tertiary/aromatic N) is 1. The van der Waals surface area contributed by atoms with Gasteiger partial charge in [0, 0.05) is 36.8 Å². The van der Waals surface area contributed by atoms with Gasteiger partial charge in [0.15, 0.2) is 0 Å². The van der Waals surface area contributed by atoms with Crippen LogP contribution in [0.15, 0.2) is 24.3 Å². The van der Waals surface area contributed by atoms with E-state index >= 15 is 0 Å². The summed E-state index contributed by atoms with van der Waals surface area (Å²) in [6.07, 6.45) is 3.88. The molecule has 1 N–H and O–H groups in total. The van der Waals surface area contributed by atoms with E-state index in [0.29, 0.717) is 30.2 Å². The van der Waals surface area contributed by atoms with Crippen molar-refractivity contribution in [2.75, 3.05) is 26.2 Å². The van der Waals surface area contributed by atoms with Gasteiger partial charge in [-0.05, 0) is 49.9 Å². The molecule has 2 aliphatic heterocycles. The summed E-state index contributed by atoms with van der Waals surface area (Å²) < 4.78 is 5.53. The molecular formula is C18H23ClN2O3. The molecule has 2 amide bonds. The number of carbonyl (C=O) groups is 2. The Morgan fingerprint density at radius 2 is 2.00 bits per heavy atom. The number of likely N-dealkylation sites (tertiary alicyclic amines) is 1. The van der Waals surface area contributed by atoms with E-state index in [1.54, 1.807) is 29.2 Å². The SMILES string of the molecule is O=C(NC[C@@H]1CCCO1)[C@H]1CCCN(C(=O)c2ccc(Cl)cc2)C1. The Balaban J connectivity index is 1.54. The highest BCUT2D eigenvalue weighted by atomic mass is 35.5. The lowest BCUT2D eigenvalue weighted by atomic mass is 9.96. The molecule has 2 heterocycles. The van der Waals surface area contributed by atoms with Crippen molar-refractivity contribution in [3.63, 3.8) is 0 Å². The maximum Gasteiger partial charge on any atom is 0.253 e. The summed E-state index contributed by atoms with van der Waals surface area (Å²) in [5.74, 6) is -0.154. The number of halogens is 1. The minimum absolute atomic E-state index is 0.0270. The van der Waals surface area contributed by atoms with Crippen molar-refractivity contribution in [1.82, 2.24) is 10.2 Å². The van der Waals surface area contributed by atoms with Crippen LogP contribution in [0.4, 0.5) is 0 Å². The quantitative estimate of drug-likeness (QED) is 0.907. The third kappa shape index (κ3) is 4.28. The number of ether oxygens (including phenoxy) is 1. The van der Waals surface area contributed by atoms with Crippen LogP contribution >= 0.6 is 11.6 Å². The lowest BCUT2D eigenvalue weighted by Gasteiger charge is -2.32. The first kappa shape index (κ1) is 17.2. The van der Waals surface area contributed by atoms with Gasteiger partial charge >= 0.3 is 0 Å². The third-order valence-electron chi connectivity index (χ3n) is 4.70. The molecule has 1 aromatic rings. The molecule has 1 aromatic carbocycles. The van der Waals surface area contributed by atoms with Crippen LogP contribution in [0.3, 0.4) is 0 Å². The van der Waals surface area contributed by atoms with E-state index in [9.17, 15) is 9.59 Å². The largest absolute Gasteiger partial charge is 0.376 e. The van der Waals surface area contributed by atoms with Gasteiger partial charge in [0.2, 0.25) is 5.91 Å². The van der Waals surface area contributed by atoms with Gasteiger partial charge in [0.05, 0.1) is 12.0 Å². The number of rotatable bonds is 4. The van der Waals surface area contributed by atoms with Gasteiger partial charge in [-0.3, -0.25) is 9.59 Å². The minimum Gasteiger partial charge on any atom is -0.376 e. The first-order valence-corrected chi connectivity index (χ1v) is 8.95. The number of amides is 2. The highest BCUT2D eigenvalue weighted by Gasteiger charge is 2.29. The fourth-order valence-electron chi connectivity index (χ4n) is 3.31. The Morgan fingerprint density at radius 1 is 1.21 bits per heavy atom. The van der Waals surface area contributed by atoms with Crippen molar-refractivity contribution in [2.24, 2.45) is 5.92 Å². The van der Waals surface area contributed by atoms with Gasteiger partial charge in [-0.2, -0.15) is 0 Å². The molecule has 3 rings (SSSR count). The molecule has 2 fully saturated rings. The molecule has 6 heteroatoms. The standard InChI is InChI=1S/C18H23ClN2O3/c19-15-7-5-13(6-8-15)18(23)21-9-1-3-14(12-21)17(22)20-11-16-4-2-10-24-16/h5-8,14,16H,1-4,9-12H2,(H,20,22)/t14-,16-/m0/s1. The van der Waals surface area contributed by atoms with Gasteiger partial charge in [0.25, 0.3) is 5.91 Å². The summed E-state index contributed by atoms with van der Waals surface area (Å²) in [7, 11) is 0. The van der Waals surface area contributed by atoms with Crippen LogP contribution in [0.2, 0.25) is 5.02 Å². The summed E-state index contributed by atoms with van der Waals surface area (Å²) in [4.78, 5) is 26.7. The van der Waals surface area contributed by atoms with Crippen molar-refractivity contribution < 1.29 is 14.3 Å². The lowest BCUT2D eigenvalue weighted by molar-refractivity contribution is -0.126. The van der Waals surface area contributed by atoms with Crippen LogP contribution in [-0.4, -0.2) is 49.1 Å². The Bertz CT molecular complexity index is 584. The second-order valence-corrected chi connectivity index (χ2v) is 6.91. The molecule has 0 saturated carbocycles. The monoisotopic (exact) mass is 350 g/mol. The highest BCUT2D eigenvalue weighted by molar-refractivity contribution is 6.30. The molecule has 0 bridgehead atoms. The van der Waals surface area contributed by atoms with Crippen molar-refractivity contribution >= 4 is 23.4 Å². The number of piperidine rings is 1. The van der Waals surface area contributed by atoms with E-state index in [1.807, 2.05) is 0 Å².